The number of nitrogens with one attached hydrogen (secondary N) is 1. The van der Waals surface area contributed by atoms with Crippen LogP contribution in [0, 0.1) is 0 Å². The normalized spacial score (nSPS) is 14.7. The Bertz CT molecular complexity index is 736. The van der Waals surface area contributed by atoms with Gasteiger partial charge in [-0.15, -0.1) is 0 Å². The number of rotatable bonds is 5. The van der Waals surface area contributed by atoms with Crippen LogP contribution in [0.2, 0.25) is 0 Å². The molecular formula is C21H24N2O3. The van der Waals surface area contributed by atoms with Gasteiger partial charge < -0.3 is 15.0 Å². The van der Waals surface area contributed by atoms with Crippen molar-refractivity contribution in [2.24, 2.45) is 0 Å². The van der Waals surface area contributed by atoms with Crippen molar-refractivity contribution in [3.8, 4) is 5.75 Å². The van der Waals surface area contributed by atoms with Gasteiger partial charge in [0.25, 0.3) is 11.8 Å². The standard InChI is InChI=1S/C21H24N2O3/c1-2-26-19-10-8-17(9-11-19)21(25)23-14-12-18(13-15-23)22-20(24)16-6-4-3-5-7-16/h3-11,18H,2,12-15H2,1H3,(H,22,24). The fourth-order valence-corrected chi connectivity index (χ4v) is 3.13. The first-order chi connectivity index (χ1) is 12.7. The van der Waals surface area contributed by atoms with Crippen LogP contribution in [0.4, 0.5) is 0 Å². The van der Waals surface area contributed by atoms with Crippen molar-refractivity contribution in [1.29, 1.82) is 0 Å². The van der Waals surface area contributed by atoms with Gasteiger partial charge in [0.2, 0.25) is 0 Å². The Kier molecular flexibility index (Phi) is 5.89. The molecule has 5 heteroatoms. The lowest BCUT2D eigenvalue weighted by Gasteiger charge is -2.32. The molecule has 1 fully saturated rings. The van der Waals surface area contributed by atoms with Gasteiger partial charge in [-0.05, 0) is 56.2 Å². The first-order valence-electron chi connectivity index (χ1n) is 9.05. The number of ether oxygens (including phenoxy) is 1. The molecule has 0 bridgehead atoms. The molecule has 0 spiro atoms. The van der Waals surface area contributed by atoms with E-state index in [1.165, 1.54) is 0 Å². The van der Waals surface area contributed by atoms with E-state index in [0.717, 1.165) is 18.6 Å². The van der Waals surface area contributed by atoms with Crippen molar-refractivity contribution in [2.75, 3.05) is 19.7 Å². The lowest BCUT2D eigenvalue weighted by molar-refractivity contribution is 0.0698. The summed E-state index contributed by atoms with van der Waals surface area (Å²) in [6.07, 6.45) is 1.53. The summed E-state index contributed by atoms with van der Waals surface area (Å²) in [5.41, 5.74) is 1.33. The van der Waals surface area contributed by atoms with Crippen molar-refractivity contribution in [3.05, 3.63) is 65.7 Å². The number of hydrogen-bond acceptors (Lipinski definition) is 3. The van der Waals surface area contributed by atoms with Gasteiger partial charge in [0.1, 0.15) is 5.75 Å². The minimum Gasteiger partial charge on any atom is -0.494 e. The number of carbonyl (C=O) groups excluding carboxylic acids is 2. The van der Waals surface area contributed by atoms with E-state index in [1.807, 2.05) is 42.2 Å². The summed E-state index contributed by atoms with van der Waals surface area (Å²) in [5.74, 6) is 0.745. The first-order valence-corrected chi connectivity index (χ1v) is 9.05. The van der Waals surface area contributed by atoms with Crippen molar-refractivity contribution in [3.63, 3.8) is 0 Å². The minimum atomic E-state index is -0.0538. The van der Waals surface area contributed by atoms with Gasteiger partial charge in [-0.3, -0.25) is 9.59 Å². The van der Waals surface area contributed by atoms with Crippen molar-refractivity contribution in [2.45, 2.75) is 25.8 Å². The molecule has 136 valence electrons. The van der Waals surface area contributed by atoms with Gasteiger partial charge in [0, 0.05) is 30.3 Å². The zero-order chi connectivity index (χ0) is 18.4. The summed E-state index contributed by atoms with van der Waals surface area (Å²) < 4.78 is 5.41. The van der Waals surface area contributed by atoms with Crippen LogP contribution >= 0.6 is 0 Å². The SMILES string of the molecule is CCOc1ccc(C(=O)N2CCC(NC(=O)c3ccccc3)CC2)cc1. The van der Waals surface area contributed by atoms with Gasteiger partial charge in [-0.2, -0.15) is 0 Å². The highest BCUT2D eigenvalue weighted by molar-refractivity contribution is 5.95. The lowest BCUT2D eigenvalue weighted by Crippen LogP contribution is -2.46. The lowest BCUT2D eigenvalue weighted by atomic mass is 10.0. The maximum absolute atomic E-state index is 12.6. The molecule has 3 rings (SSSR count). The number of benzene rings is 2. The summed E-state index contributed by atoms with van der Waals surface area (Å²) in [6, 6.07) is 16.6. The second-order valence-corrected chi connectivity index (χ2v) is 6.36. The van der Waals surface area contributed by atoms with Gasteiger partial charge in [0.05, 0.1) is 6.61 Å². The monoisotopic (exact) mass is 352 g/mol. The molecular weight excluding hydrogens is 328 g/mol. The average molecular weight is 352 g/mol. The Morgan fingerprint density at radius 3 is 2.27 bits per heavy atom. The van der Waals surface area contributed by atoms with E-state index in [0.29, 0.717) is 30.8 Å². The number of hydrogen-bond donors (Lipinski definition) is 1. The molecule has 0 unspecified atom stereocenters. The van der Waals surface area contributed by atoms with Crippen LogP contribution in [0.25, 0.3) is 0 Å². The third kappa shape index (κ3) is 4.42. The topological polar surface area (TPSA) is 58.6 Å². The van der Waals surface area contributed by atoms with E-state index in [4.69, 9.17) is 4.74 Å². The van der Waals surface area contributed by atoms with Gasteiger partial charge in [-0.1, -0.05) is 18.2 Å². The van der Waals surface area contributed by atoms with Gasteiger partial charge in [-0.25, -0.2) is 0 Å². The fourth-order valence-electron chi connectivity index (χ4n) is 3.13. The molecule has 2 aromatic rings. The summed E-state index contributed by atoms with van der Waals surface area (Å²) >= 11 is 0. The van der Waals surface area contributed by atoms with Crippen LogP contribution in [-0.4, -0.2) is 42.5 Å². The van der Waals surface area contributed by atoms with E-state index in [-0.39, 0.29) is 17.9 Å². The number of nitrogens with zero attached hydrogens (tertiary/aromatic N) is 1. The molecule has 5 nitrogen and oxygen atoms in total. The Hall–Kier alpha value is -2.82. The average Bonchev–Trinajstić information content (AvgIpc) is 2.69. The predicted octanol–water partition coefficient (Wildman–Crippen LogP) is 3.12. The van der Waals surface area contributed by atoms with Crippen LogP contribution in [0.3, 0.4) is 0 Å². The number of amides is 2. The van der Waals surface area contributed by atoms with E-state index >= 15 is 0 Å². The Morgan fingerprint density at radius 2 is 1.65 bits per heavy atom. The molecule has 2 amide bonds. The second kappa shape index (κ2) is 8.52. The second-order valence-electron chi connectivity index (χ2n) is 6.36. The summed E-state index contributed by atoms with van der Waals surface area (Å²) in [4.78, 5) is 26.7. The summed E-state index contributed by atoms with van der Waals surface area (Å²) in [7, 11) is 0. The molecule has 26 heavy (non-hydrogen) atoms. The maximum atomic E-state index is 12.6. The van der Waals surface area contributed by atoms with E-state index in [9.17, 15) is 9.59 Å². The third-order valence-corrected chi connectivity index (χ3v) is 4.57. The van der Waals surface area contributed by atoms with E-state index < -0.39 is 0 Å². The van der Waals surface area contributed by atoms with Crippen LogP contribution in [0.1, 0.15) is 40.5 Å². The third-order valence-electron chi connectivity index (χ3n) is 4.57. The first kappa shape index (κ1) is 18.0. The molecule has 1 aliphatic rings. The molecule has 0 radical (unpaired) electrons. The van der Waals surface area contributed by atoms with Gasteiger partial charge in [0.15, 0.2) is 0 Å². The highest BCUT2D eigenvalue weighted by Gasteiger charge is 2.24. The number of likely N-dealkylation sites (tertiary alicyclic amines) is 1. The van der Waals surface area contributed by atoms with Crippen LogP contribution in [0.15, 0.2) is 54.6 Å². The molecule has 0 atom stereocenters. The summed E-state index contributed by atoms with van der Waals surface area (Å²) in [6.45, 7) is 3.83. The Labute approximate surface area is 154 Å². The molecule has 1 heterocycles. The zero-order valence-electron chi connectivity index (χ0n) is 15.0. The van der Waals surface area contributed by atoms with Crippen molar-refractivity contribution in [1.82, 2.24) is 10.2 Å². The van der Waals surface area contributed by atoms with Crippen molar-refractivity contribution >= 4 is 11.8 Å². The molecule has 0 aromatic heterocycles. The predicted molar refractivity (Wildman–Crippen MR) is 100 cm³/mol. The maximum Gasteiger partial charge on any atom is 0.253 e. The van der Waals surface area contributed by atoms with Crippen LogP contribution in [-0.2, 0) is 0 Å². The van der Waals surface area contributed by atoms with E-state index in [1.54, 1.807) is 24.3 Å². The van der Waals surface area contributed by atoms with Gasteiger partial charge >= 0.3 is 0 Å². The quantitative estimate of drug-likeness (QED) is 0.899. The zero-order valence-corrected chi connectivity index (χ0v) is 15.0. The largest absolute Gasteiger partial charge is 0.494 e. The van der Waals surface area contributed by atoms with E-state index in [2.05, 4.69) is 5.32 Å². The molecule has 0 saturated carbocycles. The minimum absolute atomic E-state index is 0.0286. The highest BCUT2D eigenvalue weighted by Crippen LogP contribution is 2.17. The molecule has 0 aliphatic carbocycles. The molecule has 1 aliphatic heterocycles. The number of piperidine rings is 1. The van der Waals surface area contributed by atoms with Crippen LogP contribution < -0.4 is 10.1 Å². The highest BCUT2D eigenvalue weighted by atomic mass is 16.5. The molecule has 1 saturated heterocycles. The Balaban J connectivity index is 1.51. The summed E-state index contributed by atoms with van der Waals surface area (Å²) in [5, 5.41) is 3.06. The Morgan fingerprint density at radius 1 is 1.00 bits per heavy atom. The van der Waals surface area contributed by atoms with Crippen molar-refractivity contribution < 1.29 is 14.3 Å². The molecule has 1 N–H and O–H groups in total. The molecule has 2 aromatic carbocycles. The number of carbonyl (C=O) groups is 2. The van der Waals surface area contributed by atoms with Crippen LogP contribution in [0.5, 0.6) is 5.75 Å². The fraction of sp³-hybridized carbons (Fsp3) is 0.333. The smallest absolute Gasteiger partial charge is 0.253 e.